The second kappa shape index (κ2) is 5.53. The van der Waals surface area contributed by atoms with Crippen LogP contribution in [0, 0.1) is 0 Å². The molecule has 2 rings (SSSR count). The van der Waals surface area contributed by atoms with Gasteiger partial charge in [0.2, 0.25) is 0 Å². The molecule has 0 heterocycles. The van der Waals surface area contributed by atoms with E-state index < -0.39 is 0 Å². The van der Waals surface area contributed by atoms with Gasteiger partial charge in [0, 0.05) is 14.0 Å². The van der Waals surface area contributed by atoms with Gasteiger partial charge in [0.15, 0.2) is 0 Å². The van der Waals surface area contributed by atoms with Crippen LogP contribution in [0.5, 0.6) is 0 Å². The molecule has 4 heteroatoms. The van der Waals surface area contributed by atoms with Crippen LogP contribution in [0.2, 0.25) is 5.02 Å². The zero-order chi connectivity index (χ0) is 12.4. The first kappa shape index (κ1) is 13.1. The largest absolute Gasteiger partial charge is 0.320 e. The summed E-state index contributed by atoms with van der Waals surface area (Å²) in [7, 11) is 0. The molecule has 0 saturated heterocycles. The molecule has 17 heavy (non-hydrogen) atoms. The van der Waals surface area contributed by atoms with Gasteiger partial charge in [-0.1, -0.05) is 61.7 Å². The van der Waals surface area contributed by atoms with Gasteiger partial charge in [-0.05, 0) is 35.4 Å². The van der Waals surface area contributed by atoms with E-state index in [1.807, 2.05) is 42.5 Å². The van der Waals surface area contributed by atoms with E-state index in [0.717, 1.165) is 25.1 Å². The Kier molecular flexibility index (Phi) is 4.26. The highest BCUT2D eigenvalue weighted by molar-refractivity contribution is 9.11. The zero-order valence-corrected chi connectivity index (χ0v) is 12.8. The fraction of sp³-hybridized carbons (Fsp3) is 0.0769. The Bertz CT molecular complexity index is 525. The maximum atomic E-state index is 6.23. The van der Waals surface area contributed by atoms with Gasteiger partial charge in [-0.2, -0.15) is 0 Å². The Morgan fingerprint density at radius 1 is 1.00 bits per heavy atom. The van der Waals surface area contributed by atoms with Crippen molar-refractivity contribution in [1.82, 2.24) is 0 Å². The molecule has 0 aromatic heterocycles. The van der Waals surface area contributed by atoms with Gasteiger partial charge in [0.1, 0.15) is 0 Å². The molecule has 0 aliphatic rings. The molecule has 0 aliphatic heterocycles. The Balaban J connectivity index is 2.36. The molecule has 0 radical (unpaired) electrons. The van der Waals surface area contributed by atoms with Crippen molar-refractivity contribution in [1.29, 1.82) is 0 Å². The van der Waals surface area contributed by atoms with E-state index in [4.69, 9.17) is 17.3 Å². The van der Waals surface area contributed by atoms with Gasteiger partial charge in [0.05, 0.1) is 6.04 Å². The van der Waals surface area contributed by atoms with Crippen molar-refractivity contribution in [2.75, 3.05) is 0 Å². The number of hydrogen-bond donors (Lipinski definition) is 1. The third-order valence-electron chi connectivity index (χ3n) is 2.53. The molecule has 0 spiro atoms. The lowest BCUT2D eigenvalue weighted by atomic mass is 10.00. The maximum absolute atomic E-state index is 6.23. The highest BCUT2D eigenvalue weighted by Crippen LogP contribution is 2.29. The monoisotopic (exact) mass is 373 g/mol. The third-order valence-corrected chi connectivity index (χ3v) is 3.96. The second-order valence-corrected chi connectivity index (χ2v) is 5.90. The van der Waals surface area contributed by atoms with E-state index in [9.17, 15) is 0 Å². The van der Waals surface area contributed by atoms with Crippen LogP contribution in [0.3, 0.4) is 0 Å². The van der Waals surface area contributed by atoms with Crippen molar-refractivity contribution >= 4 is 43.5 Å². The van der Waals surface area contributed by atoms with Crippen LogP contribution in [0.4, 0.5) is 0 Å². The first-order valence-electron chi connectivity index (χ1n) is 5.04. The number of halogens is 3. The molecule has 0 fully saturated rings. The highest BCUT2D eigenvalue weighted by Gasteiger charge is 2.12. The summed E-state index contributed by atoms with van der Waals surface area (Å²) in [5.41, 5.74) is 8.32. The summed E-state index contributed by atoms with van der Waals surface area (Å²) < 4.78 is 2.02. The molecule has 0 bridgehead atoms. The molecule has 88 valence electrons. The van der Waals surface area contributed by atoms with Crippen LogP contribution >= 0.6 is 43.5 Å². The molecule has 1 unspecified atom stereocenters. The van der Waals surface area contributed by atoms with Crippen LogP contribution in [0.15, 0.2) is 51.4 Å². The molecule has 0 saturated carbocycles. The number of hydrogen-bond acceptors (Lipinski definition) is 1. The van der Waals surface area contributed by atoms with Gasteiger partial charge in [0.25, 0.3) is 0 Å². The second-order valence-electron chi connectivity index (χ2n) is 3.70. The van der Waals surface area contributed by atoms with Crippen molar-refractivity contribution in [2.45, 2.75) is 6.04 Å². The molecule has 2 aromatic rings. The van der Waals surface area contributed by atoms with Crippen LogP contribution in [0.1, 0.15) is 17.2 Å². The maximum Gasteiger partial charge on any atom is 0.0562 e. The minimum atomic E-state index is -0.158. The summed E-state index contributed by atoms with van der Waals surface area (Å²) in [5.74, 6) is 0. The van der Waals surface area contributed by atoms with Crippen molar-refractivity contribution in [3.63, 3.8) is 0 Å². The van der Waals surface area contributed by atoms with Gasteiger partial charge in [-0.15, -0.1) is 0 Å². The predicted octanol–water partition coefficient (Wildman–Crippen LogP) is 4.91. The first-order chi connectivity index (χ1) is 8.08. The lowest BCUT2D eigenvalue weighted by Crippen LogP contribution is -2.12. The van der Waals surface area contributed by atoms with Crippen LogP contribution in [-0.2, 0) is 0 Å². The fourth-order valence-corrected chi connectivity index (χ4v) is 3.02. The predicted molar refractivity (Wildman–Crippen MR) is 79.3 cm³/mol. The topological polar surface area (TPSA) is 26.0 Å². The van der Waals surface area contributed by atoms with Crippen LogP contribution < -0.4 is 5.73 Å². The highest BCUT2D eigenvalue weighted by atomic mass is 79.9. The minimum absolute atomic E-state index is 0.158. The quantitative estimate of drug-likeness (QED) is 0.793. The molecule has 0 aliphatic carbocycles. The normalized spacial score (nSPS) is 12.5. The number of rotatable bonds is 2. The van der Waals surface area contributed by atoms with E-state index in [0.29, 0.717) is 0 Å². The molecule has 0 amide bonds. The first-order valence-corrected chi connectivity index (χ1v) is 7.00. The number of nitrogens with two attached hydrogens (primary N) is 1. The smallest absolute Gasteiger partial charge is 0.0562 e. The molecular weight excluding hydrogens is 365 g/mol. The van der Waals surface area contributed by atoms with E-state index in [1.54, 1.807) is 0 Å². The molecule has 1 atom stereocenters. The average Bonchev–Trinajstić information content (AvgIpc) is 2.29. The van der Waals surface area contributed by atoms with Crippen molar-refractivity contribution in [3.05, 3.63) is 67.6 Å². The van der Waals surface area contributed by atoms with Crippen LogP contribution in [-0.4, -0.2) is 0 Å². The zero-order valence-electron chi connectivity index (χ0n) is 8.83. The van der Waals surface area contributed by atoms with E-state index in [-0.39, 0.29) is 6.04 Å². The Morgan fingerprint density at radius 3 is 2.24 bits per heavy atom. The van der Waals surface area contributed by atoms with E-state index in [1.165, 1.54) is 0 Å². The standard InChI is InChI=1S/C13H10Br2ClN/c14-9-3-6-11(12(15)7-9)13(17)8-1-4-10(16)5-2-8/h1-7,13H,17H2. The Labute approximate surface area is 122 Å². The van der Waals surface area contributed by atoms with Crippen LogP contribution in [0.25, 0.3) is 0 Å². The van der Waals surface area contributed by atoms with Crippen molar-refractivity contribution in [3.8, 4) is 0 Å². The number of benzene rings is 2. The lowest BCUT2D eigenvalue weighted by Gasteiger charge is -2.14. The minimum Gasteiger partial charge on any atom is -0.320 e. The summed E-state index contributed by atoms with van der Waals surface area (Å²) in [4.78, 5) is 0. The molecule has 2 aromatic carbocycles. The molecule has 1 nitrogen and oxygen atoms in total. The van der Waals surface area contributed by atoms with Crippen molar-refractivity contribution in [2.24, 2.45) is 5.73 Å². The Hall–Kier alpha value is -0.350. The van der Waals surface area contributed by atoms with E-state index in [2.05, 4.69) is 31.9 Å². The average molecular weight is 375 g/mol. The summed E-state index contributed by atoms with van der Waals surface area (Å²) in [5, 5.41) is 0.718. The van der Waals surface area contributed by atoms with E-state index >= 15 is 0 Å². The summed E-state index contributed by atoms with van der Waals surface area (Å²) in [6, 6.07) is 13.4. The molecular formula is C13H10Br2ClN. The fourth-order valence-electron chi connectivity index (χ4n) is 1.60. The summed E-state index contributed by atoms with van der Waals surface area (Å²) >= 11 is 12.8. The molecule has 2 N–H and O–H groups in total. The SMILES string of the molecule is NC(c1ccc(Cl)cc1)c1ccc(Br)cc1Br. The van der Waals surface area contributed by atoms with Gasteiger partial charge in [-0.25, -0.2) is 0 Å². The van der Waals surface area contributed by atoms with Crippen molar-refractivity contribution < 1.29 is 0 Å². The Morgan fingerprint density at radius 2 is 1.65 bits per heavy atom. The summed E-state index contributed by atoms with van der Waals surface area (Å²) in [6.45, 7) is 0. The summed E-state index contributed by atoms with van der Waals surface area (Å²) in [6.07, 6.45) is 0. The van der Waals surface area contributed by atoms with Gasteiger partial charge in [-0.3, -0.25) is 0 Å². The third kappa shape index (κ3) is 3.10. The lowest BCUT2D eigenvalue weighted by molar-refractivity contribution is 0.865. The van der Waals surface area contributed by atoms with Gasteiger partial charge >= 0.3 is 0 Å². The van der Waals surface area contributed by atoms with Gasteiger partial charge < -0.3 is 5.73 Å².